The van der Waals surface area contributed by atoms with Gasteiger partial charge >= 0.3 is 5.97 Å². The van der Waals surface area contributed by atoms with Crippen LogP contribution in [0.5, 0.6) is 0 Å². The van der Waals surface area contributed by atoms with Crippen LogP contribution in [0.25, 0.3) is 0 Å². The maximum Gasteiger partial charge on any atom is 0.306 e. The molecule has 1 unspecified atom stereocenters. The van der Waals surface area contributed by atoms with Crippen molar-refractivity contribution < 1.29 is 14.7 Å². The Hall–Kier alpha value is -1.36. The zero-order valence-corrected chi connectivity index (χ0v) is 11.3. The fraction of sp³-hybridized carbons (Fsp3) is 0.333. The third kappa shape index (κ3) is 4.19. The van der Waals surface area contributed by atoms with E-state index >= 15 is 0 Å². The van der Waals surface area contributed by atoms with E-state index in [0.29, 0.717) is 12.1 Å². The molecule has 1 aromatic rings. The number of nitrogens with zero attached hydrogens (tertiary/aromatic N) is 1. The van der Waals surface area contributed by atoms with Crippen LogP contribution in [-0.2, 0) is 9.63 Å². The molecule has 1 rings (SSSR count). The average Bonchev–Trinajstić information content (AvgIpc) is 2.29. The van der Waals surface area contributed by atoms with Crippen molar-refractivity contribution in [1.29, 1.82) is 0 Å². The van der Waals surface area contributed by atoms with Gasteiger partial charge in [-0.25, -0.2) is 0 Å². The van der Waals surface area contributed by atoms with Gasteiger partial charge in [0.05, 0.1) is 11.6 Å². The van der Waals surface area contributed by atoms with E-state index in [9.17, 15) is 4.79 Å². The number of benzene rings is 1. The van der Waals surface area contributed by atoms with Gasteiger partial charge in [-0.1, -0.05) is 40.1 Å². The lowest BCUT2D eigenvalue weighted by molar-refractivity contribution is -0.140. The van der Waals surface area contributed by atoms with Crippen LogP contribution in [0.1, 0.15) is 18.9 Å². The van der Waals surface area contributed by atoms with E-state index < -0.39 is 11.9 Å². The average molecular weight is 300 g/mol. The highest BCUT2D eigenvalue weighted by molar-refractivity contribution is 9.10. The largest absolute Gasteiger partial charge is 0.481 e. The van der Waals surface area contributed by atoms with Crippen LogP contribution in [0.15, 0.2) is 33.9 Å². The van der Waals surface area contributed by atoms with Crippen molar-refractivity contribution in [2.24, 2.45) is 11.1 Å². The molecule has 0 bridgehead atoms. The van der Waals surface area contributed by atoms with Crippen LogP contribution in [0.4, 0.5) is 0 Å². The Labute approximate surface area is 108 Å². The van der Waals surface area contributed by atoms with Crippen molar-refractivity contribution in [2.75, 3.05) is 7.11 Å². The number of oxime groups is 1. The van der Waals surface area contributed by atoms with Crippen molar-refractivity contribution >= 4 is 27.6 Å². The first-order chi connectivity index (χ1) is 8.04. The number of rotatable bonds is 5. The SMILES string of the molecule is CON=C(CC(C)C(=O)O)c1ccc(Br)cc1. The van der Waals surface area contributed by atoms with Gasteiger partial charge in [0.25, 0.3) is 0 Å². The summed E-state index contributed by atoms with van der Waals surface area (Å²) in [5, 5.41) is 12.8. The lowest BCUT2D eigenvalue weighted by atomic mass is 9.99. The third-order valence-corrected chi connectivity index (χ3v) is 2.83. The quantitative estimate of drug-likeness (QED) is 0.672. The molecule has 4 nitrogen and oxygen atoms in total. The smallest absolute Gasteiger partial charge is 0.306 e. The highest BCUT2D eigenvalue weighted by Crippen LogP contribution is 2.15. The molecule has 1 N–H and O–H groups in total. The highest BCUT2D eigenvalue weighted by atomic mass is 79.9. The monoisotopic (exact) mass is 299 g/mol. The maximum atomic E-state index is 10.8. The second-order valence-electron chi connectivity index (χ2n) is 3.67. The maximum absolute atomic E-state index is 10.8. The summed E-state index contributed by atoms with van der Waals surface area (Å²) in [6.07, 6.45) is 0.338. The number of halogens is 1. The summed E-state index contributed by atoms with van der Waals surface area (Å²) in [5.74, 6) is -1.33. The zero-order chi connectivity index (χ0) is 12.8. The summed E-state index contributed by atoms with van der Waals surface area (Å²) in [6.45, 7) is 1.65. The molecule has 0 fully saturated rings. The van der Waals surface area contributed by atoms with E-state index in [1.807, 2.05) is 24.3 Å². The molecule has 5 heteroatoms. The number of aliphatic carboxylic acids is 1. The highest BCUT2D eigenvalue weighted by Gasteiger charge is 2.16. The second kappa shape index (κ2) is 6.39. The minimum absolute atomic E-state index is 0.338. The first-order valence-electron chi connectivity index (χ1n) is 5.13. The molecular weight excluding hydrogens is 286 g/mol. The molecule has 0 aliphatic heterocycles. The van der Waals surface area contributed by atoms with Gasteiger partial charge in [-0.2, -0.15) is 0 Å². The van der Waals surface area contributed by atoms with Crippen LogP contribution < -0.4 is 0 Å². The predicted octanol–water partition coefficient (Wildman–Crippen LogP) is 2.91. The Kier molecular flexibility index (Phi) is 5.15. The molecule has 0 aliphatic carbocycles. The Morgan fingerprint density at radius 3 is 2.53 bits per heavy atom. The molecule has 0 radical (unpaired) electrons. The zero-order valence-electron chi connectivity index (χ0n) is 9.68. The summed E-state index contributed by atoms with van der Waals surface area (Å²) in [5.41, 5.74) is 1.50. The van der Waals surface area contributed by atoms with E-state index in [1.54, 1.807) is 6.92 Å². The van der Waals surface area contributed by atoms with Gasteiger partial charge in [0.15, 0.2) is 0 Å². The summed E-state index contributed by atoms with van der Waals surface area (Å²) in [6, 6.07) is 7.50. The first kappa shape index (κ1) is 13.7. The topological polar surface area (TPSA) is 58.9 Å². The molecule has 1 aromatic carbocycles. The minimum Gasteiger partial charge on any atom is -0.481 e. The van der Waals surface area contributed by atoms with Gasteiger partial charge in [-0.3, -0.25) is 4.79 Å². The molecule has 0 heterocycles. The van der Waals surface area contributed by atoms with E-state index in [0.717, 1.165) is 10.0 Å². The summed E-state index contributed by atoms with van der Waals surface area (Å²) < 4.78 is 0.962. The lowest BCUT2D eigenvalue weighted by Gasteiger charge is -2.09. The summed E-state index contributed by atoms with van der Waals surface area (Å²) in [4.78, 5) is 15.6. The molecule has 0 aliphatic rings. The molecule has 1 atom stereocenters. The van der Waals surface area contributed by atoms with Gasteiger partial charge in [-0.05, 0) is 17.7 Å². The molecule has 0 saturated carbocycles. The van der Waals surface area contributed by atoms with Crippen LogP contribution in [-0.4, -0.2) is 23.9 Å². The van der Waals surface area contributed by atoms with Crippen molar-refractivity contribution in [3.63, 3.8) is 0 Å². The second-order valence-corrected chi connectivity index (χ2v) is 4.59. The van der Waals surface area contributed by atoms with Gasteiger partial charge in [0.2, 0.25) is 0 Å². The Morgan fingerprint density at radius 2 is 2.06 bits per heavy atom. The van der Waals surface area contributed by atoms with E-state index in [4.69, 9.17) is 9.94 Å². The van der Waals surface area contributed by atoms with Crippen molar-refractivity contribution in [3.05, 3.63) is 34.3 Å². The number of hydrogen-bond acceptors (Lipinski definition) is 3. The van der Waals surface area contributed by atoms with Gasteiger partial charge in [-0.15, -0.1) is 0 Å². The minimum atomic E-state index is -0.842. The first-order valence-corrected chi connectivity index (χ1v) is 5.92. The third-order valence-electron chi connectivity index (χ3n) is 2.30. The standard InChI is InChI=1S/C12H14BrNO3/c1-8(12(15)16)7-11(14-17-2)9-3-5-10(13)6-4-9/h3-6,8H,7H2,1-2H3,(H,15,16). The Balaban J connectivity index is 2.90. The number of carboxylic acids is 1. The normalized spacial score (nSPS) is 13.2. The van der Waals surface area contributed by atoms with Crippen LogP contribution in [0.2, 0.25) is 0 Å². The Morgan fingerprint density at radius 1 is 1.47 bits per heavy atom. The molecule has 0 amide bonds. The molecule has 0 aromatic heterocycles. The fourth-order valence-corrected chi connectivity index (χ4v) is 1.60. The van der Waals surface area contributed by atoms with Crippen molar-refractivity contribution in [2.45, 2.75) is 13.3 Å². The van der Waals surface area contributed by atoms with E-state index in [-0.39, 0.29) is 0 Å². The van der Waals surface area contributed by atoms with E-state index in [1.165, 1.54) is 7.11 Å². The summed E-state index contributed by atoms with van der Waals surface area (Å²) in [7, 11) is 1.45. The molecule has 17 heavy (non-hydrogen) atoms. The van der Waals surface area contributed by atoms with Crippen molar-refractivity contribution in [3.8, 4) is 0 Å². The summed E-state index contributed by atoms with van der Waals surface area (Å²) >= 11 is 3.34. The van der Waals surface area contributed by atoms with Crippen LogP contribution >= 0.6 is 15.9 Å². The van der Waals surface area contributed by atoms with Crippen LogP contribution in [0.3, 0.4) is 0 Å². The predicted molar refractivity (Wildman–Crippen MR) is 69.1 cm³/mol. The van der Waals surface area contributed by atoms with E-state index in [2.05, 4.69) is 21.1 Å². The number of carbonyl (C=O) groups is 1. The van der Waals surface area contributed by atoms with Crippen molar-refractivity contribution in [1.82, 2.24) is 0 Å². The van der Waals surface area contributed by atoms with Gasteiger partial charge in [0.1, 0.15) is 7.11 Å². The Bertz CT molecular complexity index is 414. The molecule has 92 valence electrons. The molecular formula is C12H14BrNO3. The van der Waals surface area contributed by atoms with Gasteiger partial charge in [0, 0.05) is 10.9 Å². The molecule has 0 spiro atoms. The van der Waals surface area contributed by atoms with Crippen LogP contribution in [0, 0.1) is 5.92 Å². The molecule has 0 saturated heterocycles. The fourth-order valence-electron chi connectivity index (χ4n) is 1.34. The van der Waals surface area contributed by atoms with Gasteiger partial charge < -0.3 is 9.94 Å². The number of hydrogen-bond donors (Lipinski definition) is 1. The number of carboxylic acid groups (broad SMARTS) is 1. The lowest BCUT2D eigenvalue weighted by Crippen LogP contribution is -2.15.